The maximum Gasteiger partial charge on any atom is 0.231 e. The summed E-state index contributed by atoms with van der Waals surface area (Å²) in [6, 6.07) is 22.9. The van der Waals surface area contributed by atoms with E-state index in [2.05, 4.69) is 20.6 Å². The van der Waals surface area contributed by atoms with E-state index in [-0.39, 0.29) is 12.5 Å². The number of carbonyl (C=O) groups excluding carboxylic acids is 1. The zero-order chi connectivity index (χ0) is 24.9. The third-order valence-corrected chi connectivity index (χ3v) is 5.79. The Morgan fingerprint density at radius 2 is 1.81 bits per heavy atom. The van der Waals surface area contributed by atoms with E-state index in [1.807, 2.05) is 54.6 Å². The van der Waals surface area contributed by atoms with Crippen molar-refractivity contribution in [2.75, 3.05) is 27.4 Å². The fraction of sp³-hybridized carbons (Fsp3) is 0.185. The second-order valence-electron chi connectivity index (χ2n) is 8.04. The van der Waals surface area contributed by atoms with Gasteiger partial charge in [-0.25, -0.2) is 0 Å². The number of nitrogens with one attached hydrogen (secondary N) is 1. The molecule has 5 aromatic rings. The SMILES string of the molecule is COc1ccc(OC)c(-c2nnc3ccc(OCCNC(=O)Cc4cccc5ccccc45)nn23)c1. The Morgan fingerprint density at radius 1 is 0.944 bits per heavy atom. The van der Waals surface area contributed by atoms with Gasteiger partial charge in [-0.05, 0) is 40.6 Å². The molecule has 1 amide bonds. The molecule has 0 radical (unpaired) electrons. The molecule has 0 spiro atoms. The topological polar surface area (TPSA) is 99.9 Å². The Labute approximate surface area is 207 Å². The minimum atomic E-state index is -0.0652. The molecule has 0 saturated heterocycles. The van der Waals surface area contributed by atoms with E-state index in [9.17, 15) is 4.79 Å². The van der Waals surface area contributed by atoms with Crippen LogP contribution in [0.3, 0.4) is 0 Å². The second-order valence-corrected chi connectivity index (χ2v) is 8.04. The molecule has 5 rings (SSSR count). The summed E-state index contributed by atoms with van der Waals surface area (Å²) in [6.45, 7) is 0.613. The van der Waals surface area contributed by atoms with Crippen LogP contribution in [-0.4, -0.2) is 53.1 Å². The van der Waals surface area contributed by atoms with Crippen LogP contribution in [0.1, 0.15) is 5.56 Å². The summed E-state index contributed by atoms with van der Waals surface area (Å²) < 4.78 is 18.2. The summed E-state index contributed by atoms with van der Waals surface area (Å²) in [6.07, 6.45) is 0.304. The predicted molar refractivity (Wildman–Crippen MR) is 135 cm³/mol. The number of ether oxygens (including phenoxy) is 3. The summed E-state index contributed by atoms with van der Waals surface area (Å²) >= 11 is 0. The van der Waals surface area contributed by atoms with Crippen molar-refractivity contribution in [3.8, 4) is 28.8 Å². The van der Waals surface area contributed by atoms with Crippen LogP contribution in [0.4, 0.5) is 0 Å². The first-order valence-electron chi connectivity index (χ1n) is 11.5. The molecule has 0 bridgehead atoms. The van der Waals surface area contributed by atoms with Crippen molar-refractivity contribution in [1.82, 2.24) is 25.1 Å². The minimum Gasteiger partial charge on any atom is -0.497 e. The zero-order valence-electron chi connectivity index (χ0n) is 20.0. The van der Waals surface area contributed by atoms with Gasteiger partial charge in [0.05, 0.1) is 32.7 Å². The molecule has 9 heteroatoms. The maximum atomic E-state index is 12.5. The Kier molecular flexibility index (Phi) is 6.61. The summed E-state index contributed by atoms with van der Waals surface area (Å²) in [7, 11) is 3.18. The third-order valence-electron chi connectivity index (χ3n) is 5.79. The molecule has 0 fully saturated rings. The van der Waals surface area contributed by atoms with Crippen molar-refractivity contribution in [2.24, 2.45) is 0 Å². The number of nitrogens with zero attached hydrogens (tertiary/aromatic N) is 4. The van der Waals surface area contributed by atoms with Gasteiger partial charge in [-0.15, -0.1) is 15.3 Å². The van der Waals surface area contributed by atoms with Gasteiger partial charge in [-0.3, -0.25) is 4.79 Å². The highest BCUT2D eigenvalue weighted by Gasteiger charge is 2.16. The lowest BCUT2D eigenvalue weighted by Gasteiger charge is -2.10. The fourth-order valence-corrected chi connectivity index (χ4v) is 4.03. The fourth-order valence-electron chi connectivity index (χ4n) is 4.03. The van der Waals surface area contributed by atoms with E-state index in [4.69, 9.17) is 14.2 Å². The molecule has 0 aliphatic carbocycles. The molecule has 0 saturated carbocycles. The van der Waals surface area contributed by atoms with E-state index in [1.165, 1.54) is 0 Å². The smallest absolute Gasteiger partial charge is 0.231 e. The molecule has 1 N–H and O–H groups in total. The van der Waals surface area contributed by atoms with Gasteiger partial charge in [0.15, 0.2) is 11.5 Å². The van der Waals surface area contributed by atoms with Gasteiger partial charge in [0.25, 0.3) is 0 Å². The van der Waals surface area contributed by atoms with Crippen LogP contribution >= 0.6 is 0 Å². The Bertz CT molecular complexity index is 1530. The lowest BCUT2D eigenvalue weighted by atomic mass is 10.0. The Morgan fingerprint density at radius 3 is 2.67 bits per heavy atom. The van der Waals surface area contributed by atoms with Crippen LogP contribution in [0.2, 0.25) is 0 Å². The number of amides is 1. The number of hydrogen-bond donors (Lipinski definition) is 1. The molecule has 36 heavy (non-hydrogen) atoms. The largest absolute Gasteiger partial charge is 0.497 e. The first kappa shape index (κ1) is 23.1. The van der Waals surface area contributed by atoms with E-state index in [1.54, 1.807) is 36.9 Å². The van der Waals surface area contributed by atoms with Crippen molar-refractivity contribution in [1.29, 1.82) is 0 Å². The number of methoxy groups -OCH3 is 2. The van der Waals surface area contributed by atoms with Gasteiger partial charge in [0, 0.05) is 6.07 Å². The highest BCUT2D eigenvalue weighted by Crippen LogP contribution is 2.32. The van der Waals surface area contributed by atoms with Gasteiger partial charge >= 0.3 is 0 Å². The number of hydrogen-bond acceptors (Lipinski definition) is 7. The molecule has 0 unspecified atom stereocenters. The van der Waals surface area contributed by atoms with Gasteiger partial charge in [0.2, 0.25) is 11.8 Å². The van der Waals surface area contributed by atoms with E-state index < -0.39 is 0 Å². The normalized spacial score (nSPS) is 10.9. The molecular weight excluding hydrogens is 458 g/mol. The molecule has 0 atom stereocenters. The summed E-state index contributed by atoms with van der Waals surface area (Å²) in [5, 5.41) is 18.1. The van der Waals surface area contributed by atoms with Crippen molar-refractivity contribution >= 4 is 22.3 Å². The summed E-state index contributed by atoms with van der Waals surface area (Å²) in [5.41, 5.74) is 2.24. The van der Waals surface area contributed by atoms with Crippen LogP contribution in [-0.2, 0) is 11.2 Å². The van der Waals surface area contributed by atoms with E-state index >= 15 is 0 Å². The highest BCUT2D eigenvalue weighted by atomic mass is 16.5. The van der Waals surface area contributed by atoms with Crippen molar-refractivity contribution in [3.05, 3.63) is 78.4 Å². The molecular formula is C27H25N5O4. The van der Waals surface area contributed by atoms with Gasteiger partial charge in [0.1, 0.15) is 18.1 Å². The summed E-state index contributed by atoms with van der Waals surface area (Å²) in [4.78, 5) is 12.5. The number of carbonyl (C=O) groups is 1. The van der Waals surface area contributed by atoms with Crippen LogP contribution < -0.4 is 19.5 Å². The molecule has 3 aromatic carbocycles. The standard InChI is InChI=1S/C27H25N5O4/c1-34-20-10-11-23(35-2)22(17-20)27-30-29-24-12-13-26(31-32(24)27)36-15-14-28-25(33)16-19-8-5-7-18-6-3-4-9-21(18)19/h3-13,17H,14-16H2,1-2H3,(H,28,33). The molecule has 9 nitrogen and oxygen atoms in total. The summed E-state index contributed by atoms with van der Waals surface area (Å²) in [5.74, 6) is 2.09. The Balaban J connectivity index is 1.23. The Hall–Kier alpha value is -4.66. The minimum absolute atomic E-state index is 0.0652. The van der Waals surface area contributed by atoms with Crippen LogP contribution in [0.15, 0.2) is 72.8 Å². The molecule has 2 aromatic heterocycles. The number of fused-ring (bicyclic) bond motifs is 2. The van der Waals surface area contributed by atoms with Crippen LogP contribution in [0, 0.1) is 0 Å². The van der Waals surface area contributed by atoms with E-state index in [0.29, 0.717) is 47.4 Å². The van der Waals surface area contributed by atoms with Crippen LogP contribution in [0.5, 0.6) is 17.4 Å². The van der Waals surface area contributed by atoms with Gasteiger partial charge in [-0.2, -0.15) is 4.52 Å². The highest BCUT2D eigenvalue weighted by molar-refractivity contribution is 5.90. The first-order valence-corrected chi connectivity index (χ1v) is 11.5. The molecule has 0 aliphatic heterocycles. The quantitative estimate of drug-likeness (QED) is 0.319. The predicted octanol–water partition coefficient (Wildman–Crippen LogP) is 3.70. The van der Waals surface area contributed by atoms with Gasteiger partial charge < -0.3 is 19.5 Å². The van der Waals surface area contributed by atoms with Crippen molar-refractivity contribution in [2.45, 2.75) is 6.42 Å². The average Bonchev–Trinajstić information content (AvgIpc) is 3.34. The number of rotatable bonds is 9. The van der Waals surface area contributed by atoms with Crippen molar-refractivity contribution < 1.29 is 19.0 Å². The number of aromatic nitrogens is 4. The number of benzene rings is 3. The maximum absolute atomic E-state index is 12.5. The van der Waals surface area contributed by atoms with Crippen molar-refractivity contribution in [3.63, 3.8) is 0 Å². The van der Waals surface area contributed by atoms with E-state index in [0.717, 1.165) is 16.3 Å². The lowest BCUT2D eigenvalue weighted by Crippen LogP contribution is -2.29. The van der Waals surface area contributed by atoms with Gasteiger partial charge in [-0.1, -0.05) is 42.5 Å². The lowest BCUT2D eigenvalue weighted by molar-refractivity contribution is -0.120. The zero-order valence-corrected chi connectivity index (χ0v) is 20.0. The first-order chi connectivity index (χ1) is 17.7. The average molecular weight is 484 g/mol. The second kappa shape index (κ2) is 10.3. The molecule has 0 aliphatic rings. The monoisotopic (exact) mass is 483 g/mol. The third kappa shape index (κ3) is 4.76. The molecule has 2 heterocycles. The molecule has 182 valence electrons. The van der Waals surface area contributed by atoms with Crippen LogP contribution in [0.25, 0.3) is 27.8 Å².